The summed E-state index contributed by atoms with van der Waals surface area (Å²) < 4.78 is 5.27. The molecule has 0 radical (unpaired) electrons. The van der Waals surface area contributed by atoms with Crippen LogP contribution in [0.3, 0.4) is 0 Å². The SMILES string of the molecule is CCn1c(O)c(C(=O)CCCC(=O)c2c(O)n(CC)c(=S)n(CC)c2=O)c(=O)n(CC)c1=S. The molecule has 0 saturated carbocycles. The summed E-state index contributed by atoms with van der Waals surface area (Å²) in [6, 6.07) is 0. The largest absolute Gasteiger partial charge is 0.494 e. The topological polar surface area (TPSA) is 128 Å². The van der Waals surface area contributed by atoms with E-state index in [2.05, 4.69) is 0 Å². The second-order valence-electron chi connectivity index (χ2n) is 7.25. The zero-order chi connectivity index (χ0) is 25.0. The molecule has 2 heterocycles. The van der Waals surface area contributed by atoms with Crippen molar-refractivity contribution in [3.8, 4) is 11.8 Å². The van der Waals surface area contributed by atoms with E-state index in [1.165, 1.54) is 18.3 Å². The third kappa shape index (κ3) is 4.76. The van der Waals surface area contributed by atoms with Crippen molar-refractivity contribution in [2.45, 2.75) is 73.1 Å². The van der Waals surface area contributed by atoms with Crippen LogP contribution >= 0.6 is 24.4 Å². The van der Waals surface area contributed by atoms with E-state index >= 15 is 0 Å². The molecule has 2 aromatic heterocycles. The molecule has 0 amide bonds. The van der Waals surface area contributed by atoms with Gasteiger partial charge in [0, 0.05) is 39.0 Å². The van der Waals surface area contributed by atoms with Gasteiger partial charge in [-0.2, -0.15) is 0 Å². The summed E-state index contributed by atoms with van der Waals surface area (Å²) in [4.78, 5) is 50.9. The minimum atomic E-state index is -0.686. The standard InChI is InChI=1S/C21H28N4O6S2/c1-5-22-16(28)14(17(29)23(6-2)20(22)32)12(26)10-9-11-13(27)15-18(30)24(7-3)21(33)25(8-4)19(15)31/h28,30H,5-11H2,1-4H3. The van der Waals surface area contributed by atoms with Gasteiger partial charge in [0.05, 0.1) is 0 Å². The fourth-order valence-electron chi connectivity index (χ4n) is 3.65. The Morgan fingerprint density at radius 1 is 0.667 bits per heavy atom. The van der Waals surface area contributed by atoms with Gasteiger partial charge in [-0.05, 0) is 58.6 Å². The Labute approximate surface area is 200 Å². The Morgan fingerprint density at radius 2 is 0.970 bits per heavy atom. The number of ketones is 2. The number of rotatable bonds is 10. The molecule has 0 aliphatic carbocycles. The fraction of sp³-hybridized carbons (Fsp3) is 0.524. The summed E-state index contributed by atoms with van der Waals surface area (Å²) in [5, 5.41) is 20.9. The van der Waals surface area contributed by atoms with E-state index < -0.39 is 34.4 Å². The Hall–Kier alpha value is -2.86. The van der Waals surface area contributed by atoms with Gasteiger partial charge in [0.15, 0.2) is 21.1 Å². The van der Waals surface area contributed by atoms with Gasteiger partial charge in [-0.1, -0.05) is 0 Å². The number of aromatic hydroxyl groups is 2. The van der Waals surface area contributed by atoms with Gasteiger partial charge in [-0.25, -0.2) is 0 Å². The molecule has 0 aliphatic heterocycles. The van der Waals surface area contributed by atoms with Crippen LogP contribution in [-0.2, 0) is 26.2 Å². The van der Waals surface area contributed by atoms with Crippen molar-refractivity contribution < 1.29 is 19.8 Å². The number of hydrogen-bond donors (Lipinski definition) is 2. The van der Waals surface area contributed by atoms with Gasteiger partial charge in [0.2, 0.25) is 11.8 Å². The second-order valence-corrected chi connectivity index (χ2v) is 7.98. The van der Waals surface area contributed by atoms with E-state index in [0.29, 0.717) is 0 Å². The number of carbonyl (C=O) groups is 2. The van der Waals surface area contributed by atoms with Crippen molar-refractivity contribution in [3.05, 3.63) is 41.4 Å². The minimum absolute atomic E-state index is 0.0111. The quantitative estimate of drug-likeness (QED) is 0.380. The first kappa shape index (κ1) is 26.4. The summed E-state index contributed by atoms with van der Waals surface area (Å²) in [5.74, 6) is -2.27. The average molecular weight is 497 g/mol. The lowest BCUT2D eigenvalue weighted by molar-refractivity contribution is 0.0950. The lowest BCUT2D eigenvalue weighted by atomic mass is 10.0. The summed E-state index contributed by atoms with van der Waals surface area (Å²) >= 11 is 10.4. The second kappa shape index (κ2) is 10.8. The Kier molecular flexibility index (Phi) is 8.67. The number of carbonyl (C=O) groups excluding carboxylic acids is 2. The predicted octanol–water partition coefficient (Wildman–Crippen LogP) is 2.80. The third-order valence-corrected chi connectivity index (χ3v) is 6.31. The average Bonchev–Trinajstić information content (AvgIpc) is 2.75. The zero-order valence-electron chi connectivity index (χ0n) is 19.1. The molecule has 2 N–H and O–H groups in total. The van der Waals surface area contributed by atoms with E-state index in [0.717, 1.165) is 0 Å². The molecule has 0 spiro atoms. The van der Waals surface area contributed by atoms with E-state index in [9.17, 15) is 29.4 Å². The summed E-state index contributed by atoms with van der Waals surface area (Å²) in [6.07, 6.45) is -0.417. The normalized spacial score (nSPS) is 11.0. The van der Waals surface area contributed by atoms with Crippen LogP contribution in [0, 0.1) is 9.54 Å². The van der Waals surface area contributed by atoms with Gasteiger partial charge in [-0.3, -0.25) is 37.4 Å². The van der Waals surface area contributed by atoms with Crippen molar-refractivity contribution in [3.63, 3.8) is 0 Å². The van der Waals surface area contributed by atoms with Crippen LogP contribution in [0.2, 0.25) is 0 Å². The lowest BCUT2D eigenvalue weighted by Gasteiger charge is -2.15. The molecule has 180 valence electrons. The molecule has 0 unspecified atom stereocenters. The molecule has 0 atom stereocenters. The molecular formula is C21H28N4O6S2. The third-order valence-electron chi connectivity index (χ3n) is 5.43. The molecule has 0 fully saturated rings. The van der Waals surface area contributed by atoms with Crippen LogP contribution in [0.4, 0.5) is 0 Å². The first-order valence-electron chi connectivity index (χ1n) is 10.8. The summed E-state index contributed by atoms with van der Waals surface area (Å²) in [5.41, 5.74) is -2.13. The molecule has 0 saturated heterocycles. The van der Waals surface area contributed by atoms with Crippen molar-refractivity contribution in [2.24, 2.45) is 0 Å². The highest BCUT2D eigenvalue weighted by Crippen LogP contribution is 2.20. The smallest absolute Gasteiger partial charge is 0.269 e. The van der Waals surface area contributed by atoms with Crippen LogP contribution in [0.5, 0.6) is 11.8 Å². The van der Waals surface area contributed by atoms with Crippen molar-refractivity contribution in [2.75, 3.05) is 0 Å². The van der Waals surface area contributed by atoms with Crippen LogP contribution in [0.1, 0.15) is 67.7 Å². The molecule has 2 rings (SSSR count). The molecule has 12 heteroatoms. The monoisotopic (exact) mass is 496 g/mol. The molecule has 2 aromatic rings. The maximum absolute atomic E-state index is 12.8. The maximum Gasteiger partial charge on any atom is 0.269 e. The summed E-state index contributed by atoms with van der Waals surface area (Å²) in [7, 11) is 0. The fourth-order valence-corrected chi connectivity index (χ4v) is 4.51. The first-order chi connectivity index (χ1) is 15.6. The highest BCUT2D eigenvalue weighted by Gasteiger charge is 2.24. The van der Waals surface area contributed by atoms with Crippen LogP contribution < -0.4 is 11.1 Å². The molecule has 0 aliphatic rings. The predicted molar refractivity (Wildman–Crippen MR) is 128 cm³/mol. The number of nitrogens with zero attached hydrogens (tertiary/aromatic N) is 4. The molecule has 0 aromatic carbocycles. The molecule has 33 heavy (non-hydrogen) atoms. The zero-order valence-corrected chi connectivity index (χ0v) is 20.7. The molecule has 10 nitrogen and oxygen atoms in total. The van der Waals surface area contributed by atoms with Gasteiger partial charge >= 0.3 is 0 Å². The summed E-state index contributed by atoms with van der Waals surface area (Å²) in [6.45, 7) is 7.84. The van der Waals surface area contributed by atoms with Gasteiger partial charge in [-0.15, -0.1) is 0 Å². The van der Waals surface area contributed by atoms with Crippen molar-refractivity contribution >= 4 is 36.0 Å². The van der Waals surface area contributed by atoms with Crippen LogP contribution in [0.15, 0.2) is 9.59 Å². The highest BCUT2D eigenvalue weighted by molar-refractivity contribution is 7.71. The van der Waals surface area contributed by atoms with Crippen LogP contribution in [-0.4, -0.2) is 40.0 Å². The van der Waals surface area contributed by atoms with Gasteiger partial charge < -0.3 is 10.2 Å². The molecular weight excluding hydrogens is 468 g/mol. The first-order valence-corrected chi connectivity index (χ1v) is 11.6. The Morgan fingerprint density at radius 3 is 1.24 bits per heavy atom. The van der Waals surface area contributed by atoms with Gasteiger partial charge in [0.25, 0.3) is 11.1 Å². The van der Waals surface area contributed by atoms with Crippen molar-refractivity contribution in [1.29, 1.82) is 0 Å². The lowest BCUT2D eigenvalue weighted by Crippen LogP contribution is -2.31. The number of aromatic nitrogens is 4. The van der Waals surface area contributed by atoms with Crippen molar-refractivity contribution in [1.82, 2.24) is 18.3 Å². The van der Waals surface area contributed by atoms with E-state index in [-0.39, 0.29) is 66.1 Å². The minimum Gasteiger partial charge on any atom is -0.494 e. The van der Waals surface area contributed by atoms with Crippen LogP contribution in [0.25, 0.3) is 0 Å². The van der Waals surface area contributed by atoms with Gasteiger partial charge in [0.1, 0.15) is 11.1 Å². The Bertz CT molecular complexity index is 1230. The molecule has 0 bridgehead atoms. The highest BCUT2D eigenvalue weighted by atomic mass is 32.1. The number of hydrogen-bond acceptors (Lipinski definition) is 8. The van der Waals surface area contributed by atoms with E-state index in [1.807, 2.05) is 0 Å². The Balaban J connectivity index is 2.33. The van der Waals surface area contributed by atoms with E-state index in [1.54, 1.807) is 27.7 Å². The number of Topliss-reactive ketones (excluding diaryl/α,β-unsaturated/α-hetero) is 2. The van der Waals surface area contributed by atoms with E-state index in [4.69, 9.17) is 24.4 Å². The maximum atomic E-state index is 12.8.